The first-order valence-corrected chi connectivity index (χ1v) is 11.2. The number of benzene rings is 3. The second-order valence-corrected chi connectivity index (χ2v) is 8.41. The van der Waals surface area contributed by atoms with Crippen LogP contribution in [0.3, 0.4) is 0 Å². The molecule has 6 N–H and O–H groups in total. The molecule has 0 aliphatic rings. The maximum Gasteiger partial charge on any atom is 0.306 e. The monoisotopic (exact) mass is 524 g/mol. The lowest BCUT2D eigenvalue weighted by Gasteiger charge is -2.21. The molecule has 0 bridgehead atoms. The van der Waals surface area contributed by atoms with Gasteiger partial charge in [0.05, 0.1) is 27.2 Å². The fourth-order valence-corrected chi connectivity index (χ4v) is 4.32. The van der Waals surface area contributed by atoms with E-state index in [2.05, 4.69) is 0 Å². The highest BCUT2D eigenvalue weighted by Crippen LogP contribution is 2.45. The number of ether oxygens (including phenoxy) is 2. The summed E-state index contributed by atoms with van der Waals surface area (Å²) < 4.78 is 16.0. The lowest BCUT2D eigenvalue weighted by Crippen LogP contribution is -2.13. The zero-order valence-electron chi connectivity index (χ0n) is 20.3. The maximum atomic E-state index is 13.2. The third-order valence-electron chi connectivity index (χ3n) is 6.20. The van der Waals surface area contributed by atoms with Crippen molar-refractivity contribution < 1.29 is 49.3 Å². The number of aliphatic hydroxyl groups excluding tert-OH is 1. The van der Waals surface area contributed by atoms with Crippen molar-refractivity contribution in [2.75, 3.05) is 14.2 Å². The molecule has 0 fully saturated rings. The minimum atomic E-state index is -1.05. The van der Waals surface area contributed by atoms with Crippen molar-refractivity contribution in [3.63, 3.8) is 0 Å². The summed E-state index contributed by atoms with van der Waals surface area (Å²) >= 11 is 0. The molecular formula is C27H24O11. The Morgan fingerprint density at radius 2 is 1.66 bits per heavy atom. The molecule has 4 rings (SSSR count). The van der Waals surface area contributed by atoms with E-state index >= 15 is 0 Å². The first-order chi connectivity index (χ1) is 18.1. The van der Waals surface area contributed by atoms with Gasteiger partial charge in [-0.2, -0.15) is 0 Å². The standard InChI is InChI=1S/C27H24O11/c1-36-20-6-4-12(7-14(20)11-28)15(9-21(33)37-2)22-18(31)10-19(32)23-24(34)25(35)26(38-27(22)23)13-3-5-16(29)17(30)8-13/h3-8,10,15,28-32,35H,9,11H2,1-2H3/t15-/m1/s1. The molecule has 3 aromatic carbocycles. The van der Waals surface area contributed by atoms with Gasteiger partial charge in [0.25, 0.3) is 0 Å². The van der Waals surface area contributed by atoms with Crippen LogP contribution in [0.2, 0.25) is 0 Å². The number of fused-ring (bicyclic) bond motifs is 1. The number of methoxy groups -OCH3 is 2. The number of phenols is 4. The predicted octanol–water partition coefficient (Wildman–Crippen LogP) is 3.18. The van der Waals surface area contributed by atoms with E-state index in [4.69, 9.17) is 13.9 Å². The predicted molar refractivity (Wildman–Crippen MR) is 134 cm³/mol. The average molecular weight is 524 g/mol. The maximum absolute atomic E-state index is 13.2. The lowest BCUT2D eigenvalue weighted by molar-refractivity contribution is -0.140. The second-order valence-electron chi connectivity index (χ2n) is 8.41. The molecule has 198 valence electrons. The summed E-state index contributed by atoms with van der Waals surface area (Å²) in [5, 5.41) is 61.0. The van der Waals surface area contributed by atoms with Gasteiger partial charge in [-0.15, -0.1) is 0 Å². The van der Waals surface area contributed by atoms with Gasteiger partial charge in [-0.25, -0.2) is 0 Å². The van der Waals surface area contributed by atoms with E-state index < -0.39 is 63.8 Å². The molecule has 4 aromatic rings. The number of aromatic hydroxyl groups is 5. The zero-order chi connectivity index (χ0) is 27.7. The highest BCUT2D eigenvalue weighted by atomic mass is 16.5. The quantitative estimate of drug-likeness (QED) is 0.154. The van der Waals surface area contributed by atoms with Crippen LogP contribution < -0.4 is 10.2 Å². The second kappa shape index (κ2) is 10.2. The van der Waals surface area contributed by atoms with Crippen LogP contribution in [0.1, 0.15) is 29.0 Å². The van der Waals surface area contributed by atoms with Gasteiger partial charge in [0.15, 0.2) is 17.3 Å². The fraction of sp³-hybridized carbons (Fsp3) is 0.185. The van der Waals surface area contributed by atoms with Crippen molar-refractivity contribution in [1.29, 1.82) is 0 Å². The first kappa shape index (κ1) is 26.2. The van der Waals surface area contributed by atoms with E-state index in [-0.39, 0.29) is 23.1 Å². The molecule has 0 spiro atoms. The van der Waals surface area contributed by atoms with Crippen LogP contribution in [0, 0.1) is 0 Å². The van der Waals surface area contributed by atoms with E-state index in [0.717, 1.165) is 18.2 Å². The third-order valence-corrected chi connectivity index (χ3v) is 6.20. The smallest absolute Gasteiger partial charge is 0.306 e. The summed E-state index contributed by atoms with van der Waals surface area (Å²) in [5.41, 5.74) is -0.692. The molecule has 0 unspecified atom stereocenters. The molecular weight excluding hydrogens is 500 g/mol. The summed E-state index contributed by atoms with van der Waals surface area (Å²) in [6.07, 6.45) is -0.346. The summed E-state index contributed by atoms with van der Waals surface area (Å²) in [6, 6.07) is 9.00. The molecule has 1 atom stereocenters. The Balaban J connectivity index is 2.08. The largest absolute Gasteiger partial charge is 0.507 e. The molecule has 0 radical (unpaired) electrons. The van der Waals surface area contributed by atoms with Gasteiger partial charge in [0, 0.05) is 28.7 Å². The topological polar surface area (TPSA) is 187 Å². The summed E-state index contributed by atoms with van der Waals surface area (Å²) in [4.78, 5) is 25.6. The average Bonchev–Trinajstić information content (AvgIpc) is 2.90. The number of carbonyl (C=O) groups excluding carboxylic acids is 1. The van der Waals surface area contributed by atoms with Gasteiger partial charge in [-0.05, 0) is 35.9 Å². The van der Waals surface area contributed by atoms with Crippen molar-refractivity contribution in [3.8, 4) is 45.8 Å². The summed E-state index contributed by atoms with van der Waals surface area (Å²) in [5.74, 6) is -4.87. The summed E-state index contributed by atoms with van der Waals surface area (Å²) in [6.45, 7) is -0.401. The van der Waals surface area contributed by atoms with Crippen LogP contribution in [0.5, 0.6) is 34.5 Å². The molecule has 0 saturated heterocycles. The number of hydrogen-bond donors (Lipinski definition) is 6. The zero-order valence-corrected chi connectivity index (χ0v) is 20.3. The minimum Gasteiger partial charge on any atom is -0.507 e. The van der Waals surface area contributed by atoms with Gasteiger partial charge >= 0.3 is 5.97 Å². The van der Waals surface area contributed by atoms with Crippen LogP contribution in [-0.2, 0) is 16.1 Å². The van der Waals surface area contributed by atoms with E-state index in [1.807, 2.05) is 0 Å². The van der Waals surface area contributed by atoms with E-state index in [0.29, 0.717) is 16.9 Å². The Hall–Kier alpha value is -4.90. The van der Waals surface area contributed by atoms with Crippen molar-refractivity contribution in [3.05, 3.63) is 69.4 Å². The Morgan fingerprint density at radius 3 is 2.29 bits per heavy atom. The van der Waals surface area contributed by atoms with Gasteiger partial charge in [-0.3, -0.25) is 9.59 Å². The lowest BCUT2D eigenvalue weighted by atomic mass is 9.85. The van der Waals surface area contributed by atoms with Crippen molar-refractivity contribution in [1.82, 2.24) is 0 Å². The van der Waals surface area contributed by atoms with Crippen molar-refractivity contribution in [2.45, 2.75) is 18.9 Å². The molecule has 0 amide bonds. The SMILES string of the molecule is COC(=O)C[C@H](c1ccc(OC)c(CO)c1)c1c(O)cc(O)c2c(=O)c(O)c(-c3ccc(O)c(O)c3)oc12. The van der Waals surface area contributed by atoms with Crippen LogP contribution in [0.4, 0.5) is 0 Å². The normalized spacial score (nSPS) is 11.9. The minimum absolute atomic E-state index is 0.00196. The van der Waals surface area contributed by atoms with Crippen molar-refractivity contribution >= 4 is 16.9 Å². The molecule has 0 aliphatic heterocycles. The van der Waals surface area contributed by atoms with Gasteiger partial charge in [-0.1, -0.05) is 6.07 Å². The molecule has 1 aromatic heterocycles. The van der Waals surface area contributed by atoms with E-state index in [9.17, 15) is 40.2 Å². The Labute approximate surface area is 215 Å². The molecule has 11 heteroatoms. The van der Waals surface area contributed by atoms with Gasteiger partial charge in [0.1, 0.15) is 28.2 Å². The summed E-state index contributed by atoms with van der Waals surface area (Å²) in [7, 11) is 2.60. The van der Waals surface area contributed by atoms with Crippen LogP contribution in [-0.4, -0.2) is 50.8 Å². The van der Waals surface area contributed by atoms with Crippen LogP contribution >= 0.6 is 0 Å². The Kier molecular flexibility index (Phi) is 7.04. The van der Waals surface area contributed by atoms with Crippen molar-refractivity contribution in [2.24, 2.45) is 0 Å². The molecule has 1 heterocycles. The Bertz CT molecular complexity index is 1600. The van der Waals surface area contributed by atoms with E-state index in [1.165, 1.54) is 20.3 Å². The van der Waals surface area contributed by atoms with Gasteiger partial charge < -0.3 is 44.5 Å². The molecule has 38 heavy (non-hydrogen) atoms. The highest BCUT2D eigenvalue weighted by molar-refractivity contribution is 5.92. The number of hydrogen-bond acceptors (Lipinski definition) is 11. The fourth-order valence-electron chi connectivity index (χ4n) is 4.32. The Morgan fingerprint density at radius 1 is 0.921 bits per heavy atom. The van der Waals surface area contributed by atoms with Crippen LogP contribution in [0.15, 0.2) is 51.7 Å². The third kappa shape index (κ3) is 4.50. The number of esters is 1. The van der Waals surface area contributed by atoms with Gasteiger partial charge in [0.2, 0.25) is 11.2 Å². The van der Waals surface area contributed by atoms with Crippen LogP contribution in [0.25, 0.3) is 22.3 Å². The number of phenolic OH excluding ortho intramolecular Hbond substituents is 4. The highest BCUT2D eigenvalue weighted by Gasteiger charge is 2.30. The first-order valence-electron chi connectivity index (χ1n) is 11.2. The number of carbonyl (C=O) groups is 1. The van der Waals surface area contributed by atoms with E-state index in [1.54, 1.807) is 18.2 Å². The number of rotatable bonds is 7. The molecule has 0 saturated carbocycles. The number of aliphatic hydroxyl groups is 1. The molecule has 11 nitrogen and oxygen atoms in total. The molecule has 0 aliphatic carbocycles.